The molecule has 2 N–H and O–H groups in total. The Balaban J connectivity index is 1.82. The van der Waals surface area contributed by atoms with Gasteiger partial charge in [-0.2, -0.15) is 0 Å². The number of ether oxygens (including phenoxy) is 1. The second-order valence-electron chi connectivity index (χ2n) is 4.39. The molecule has 0 spiro atoms. The van der Waals surface area contributed by atoms with E-state index in [9.17, 15) is 9.59 Å². The molecule has 0 atom stereocenters. The second-order valence-corrected chi connectivity index (χ2v) is 4.39. The Morgan fingerprint density at radius 1 is 1.40 bits per heavy atom. The lowest BCUT2D eigenvalue weighted by molar-refractivity contribution is -0.149. The van der Waals surface area contributed by atoms with Crippen molar-refractivity contribution in [2.24, 2.45) is 5.41 Å². The summed E-state index contributed by atoms with van der Waals surface area (Å²) in [5, 5.41) is 11.7. The number of carboxylic acid groups (broad SMARTS) is 1. The van der Waals surface area contributed by atoms with E-state index in [1.807, 2.05) is 0 Å². The van der Waals surface area contributed by atoms with Crippen LogP contribution < -0.4 is 5.32 Å². The zero-order valence-corrected chi connectivity index (χ0v) is 8.66. The van der Waals surface area contributed by atoms with Gasteiger partial charge < -0.3 is 15.2 Å². The van der Waals surface area contributed by atoms with Gasteiger partial charge in [0.2, 0.25) is 5.91 Å². The van der Waals surface area contributed by atoms with Gasteiger partial charge in [-0.15, -0.1) is 0 Å². The van der Waals surface area contributed by atoms with E-state index in [2.05, 4.69) is 5.32 Å². The Hall–Kier alpha value is -1.10. The maximum absolute atomic E-state index is 11.6. The summed E-state index contributed by atoms with van der Waals surface area (Å²) in [6.45, 7) is 0. The van der Waals surface area contributed by atoms with E-state index < -0.39 is 11.4 Å². The van der Waals surface area contributed by atoms with Crippen molar-refractivity contribution < 1.29 is 19.4 Å². The van der Waals surface area contributed by atoms with E-state index >= 15 is 0 Å². The van der Waals surface area contributed by atoms with Crippen LogP contribution in [0.1, 0.15) is 25.7 Å². The van der Waals surface area contributed by atoms with Crippen molar-refractivity contribution in [3.8, 4) is 0 Å². The van der Waals surface area contributed by atoms with Crippen LogP contribution in [-0.4, -0.2) is 36.2 Å². The number of amides is 1. The van der Waals surface area contributed by atoms with Crippen LogP contribution in [-0.2, 0) is 14.3 Å². The Labute approximate surface area is 87.8 Å². The fraction of sp³-hybridized carbons (Fsp3) is 0.800. The zero-order chi connectivity index (χ0) is 11.1. The molecule has 1 amide bonds. The van der Waals surface area contributed by atoms with Crippen molar-refractivity contribution in [2.75, 3.05) is 7.11 Å². The Kier molecular flexibility index (Phi) is 2.42. The summed E-state index contributed by atoms with van der Waals surface area (Å²) in [7, 11) is 1.64. The van der Waals surface area contributed by atoms with Crippen molar-refractivity contribution in [2.45, 2.75) is 37.8 Å². The van der Waals surface area contributed by atoms with Crippen molar-refractivity contribution >= 4 is 11.9 Å². The molecule has 2 fully saturated rings. The van der Waals surface area contributed by atoms with Crippen LogP contribution >= 0.6 is 0 Å². The average Bonchev–Trinajstić information content (AvgIpc) is 2.90. The van der Waals surface area contributed by atoms with Crippen LogP contribution in [0.5, 0.6) is 0 Å². The van der Waals surface area contributed by atoms with Crippen LogP contribution in [0.15, 0.2) is 0 Å². The summed E-state index contributed by atoms with van der Waals surface area (Å²) in [4.78, 5) is 22.5. The molecule has 0 aromatic heterocycles. The van der Waals surface area contributed by atoms with Crippen LogP contribution in [0.3, 0.4) is 0 Å². The fourth-order valence-electron chi connectivity index (χ4n) is 1.86. The highest BCUT2D eigenvalue weighted by Crippen LogP contribution is 2.46. The third-order valence-corrected chi connectivity index (χ3v) is 3.36. The highest BCUT2D eigenvalue weighted by molar-refractivity contribution is 6.04. The van der Waals surface area contributed by atoms with Gasteiger partial charge in [0.25, 0.3) is 0 Å². The third kappa shape index (κ3) is 1.71. The molecule has 84 valence electrons. The Morgan fingerprint density at radius 2 is 2.00 bits per heavy atom. The van der Waals surface area contributed by atoms with Crippen LogP contribution in [0, 0.1) is 5.41 Å². The van der Waals surface area contributed by atoms with Crippen molar-refractivity contribution in [3.05, 3.63) is 0 Å². The van der Waals surface area contributed by atoms with E-state index in [0.717, 1.165) is 12.8 Å². The number of carbonyl (C=O) groups excluding carboxylic acids is 1. The topological polar surface area (TPSA) is 75.6 Å². The first-order valence-corrected chi connectivity index (χ1v) is 5.15. The number of nitrogens with one attached hydrogen (secondary N) is 1. The Morgan fingerprint density at radius 3 is 2.40 bits per heavy atom. The highest BCUT2D eigenvalue weighted by atomic mass is 16.5. The number of methoxy groups -OCH3 is 1. The molecular weight excluding hydrogens is 198 g/mol. The molecule has 0 aromatic rings. The molecule has 0 saturated heterocycles. The number of aliphatic carboxylic acids is 1. The van der Waals surface area contributed by atoms with E-state index in [4.69, 9.17) is 9.84 Å². The van der Waals surface area contributed by atoms with Crippen molar-refractivity contribution in [1.29, 1.82) is 0 Å². The summed E-state index contributed by atoms with van der Waals surface area (Å²) in [6, 6.07) is 0.0966. The monoisotopic (exact) mass is 213 g/mol. The van der Waals surface area contributed by atoms with Gasteiger partial charge >= 0.3 is 5.97 Å². The average molecular weight is 213 g/mol. The van der Waals surface area contributed by atoms with Gasteiger partial charge in [0.05, 0.1) is 6.10 Å². The molecule has 0 bridgehead atoms. The van der Waals surface area contributed by atoms with Gasteiger partial charge in [-0.1, -0.05) is 0 Å². The van der Waals surface area contributed by atoms with Crippen LogP contribution in [0.2, 0.25) is 0 Å². The van der Waals surface area contributed by atoms with Crippen LogP contribution in [0.25, 0.3) is 0 Å². The summed E-state index contributed by atoms with van der Waals surface area (Å²) in [5.41, 5.74) is -1.11. The van der Waals surface area contributed by atoms with E-state index in [0.29, 0.717) is 12.8 Å². The minimum atomic E-state index is -1.11. The van der Waals surface area contributed by atoms with Gasteiger partial charge in [0.15, 0.2) is 0 Å². The number of carboxylic acids is 1. The quantitative estimate of drug-likeness (QED) is 0.651. The zero-order valence-electron chi connectivity index (χ0n) is 8.66. The molecular formula is C10H15NO4. The predicted molar refractivity (Wildman–Crippen MR) is 51.3 cm³/mol. The first-order valence-electron chi connectivity index (χ1n) is 5.15. The lowest BCUT2D eigenvalue weighted by Gasteiger charge is -2.35. The summed E-state index contributed by atoms with van der Waals surface area (Å²) >= 11 is 0. The van der Waals surface area contributed by atoms with E-state index in [-0.39, 0.29) is 18.1 Å². The molecule has 15 heavy (non-hydrogen) atoms. The number of carbonyl (C=O) groups is 2. The van der Waals surface area contributed by atoms with Gasteiger partial charge in [0.1, 0.15) is 5.41 Å². The molecule has 2 aliphatic rings. The molecule has 2 saturated carbocycles. The van der Waals surface area contributed by atoms with Gasteiger partial charge in [-0.05, 0) is 25.7 Å². The molecule has 0 aliphatic heterocycles. The van der Waals surface area contributed by atoms with E-state index in [1.54, 1.807) is 7.11 Å². The third-order valence-electron chi connectivity index (χ3n) is 3.36. The lowest BCUT2D eigenvalue weighted by Crippen LogP contribution is -2.50. The SMILES string of the molecule is COC1CC(NC(=O)C2(C(=O)O)CC2)C1. The number of hydrogen-bond donors (Lipinski definition) is 2. The number of rotatable bonds is 4. The normalized spacial score (nSPS) is 31.5. The van der Waals surface area contributed by atoms with Gasteiger partial charge in [-0.25, -0.2) is 0 Å². The minimum absolute atomic E-state index is 0.0966. The molecule has 5 heteroatoms. The van der Waals surface area contributed by atoms with Gasteiger partial charge in [0, 0.05) is 13.2 Å². The number of hydrogen-bond acceptors (Lipinski definition) is 3. The molecule has 0 aromatic carbocycles. The van der Waals surface area contributed by atoms with Crippen molar-refractivity contribution in [3.63, 3.8) is 0 Å². The largest absolute Gasteiger partial charge is 0.480 e. The predicted octanol–water partition coefficient (Wildman–Crippen LogP) is 0.145. The summed E-state index contributed by atoms with van der Waals surface area (Å²) < 4.78 is 5.08. The lowest BCUT2D eigenvalue weighted by atomic mass is 9.88. The van der Waals surface area contributed by atoms with Crippen LogP contribution in [0.4, 0.5) is 0 Å². The first-order chi connectivity index (χ1) is 7.08. The standard InChI is InChI=1S/C10H15NO4/c1-15-7-4-6(5-7)11-8(12)10(2-3-10)9(13)14/h6-7H,2-5H2,1H3,(H,11,12)(H,13,14). The molecule has 0 heterocycles. The van der Waals surface area contributed by atoms with Gasteiger partial charge in [-0.3, -0.25) is 9.59 Å². The molecule has 0 radical (unpaired) electrons. The Bertz CT molecular complexity index is 292. The second kappa shape index (κ2) is 3.48. The molecule has 2 rings (SSSR count). The first kappa shape index (κ1) is 10.4. The van der Waals surface area contributed by atoms with Crippen molar-refractivity contribution in [1.82, 2.24) is 5.32 Å². The smallest absolute Gasteiger partial charge is 0.319 e. The maximum Gasteiger partial charge on any atom is 0.319 e. The minimum Gasteiger partial charge on any atom is -0.480 e. The summed E-state index contributed by atoms with van der Waals surface area (Å²) in [6.07, 6.45) is 2.73. The van der Waals surface area contributed by atoms with E-state index in [1.165, 1.54) is 0 Å². The fourth-order valence-corrected chi connectivity index (χ4v) is 1.86. The summed E-state index contributed by atoms with van der Waals surface area (Å²) in [5.74, 6) is -1.32. The molecule has 2 aliphatic carbocycles. The highest BCUT2D eigenvalue weighted by Gasteiger charge is 2.57. The molecule has 5 nitrogen and oxygen atoms in total. The molecule has 0 unspecified atom stereocenters. The maximum atomic E-state index is 11.6.